The Kier molecular flexibility index (Phi) is 4.55. The molecule has 0 heterocycles. The summed E-state index contributed by atoms with van der Waals surface area (Å²) in [5.74, 6) is 0.977. The molecule has 1 nitrogen and oxygen atoms in total. The van der Waals surface area contributed by atoms with E-state index in [0.717, 1.165) is 25.1 Å². The third kappa shape index (κ3) is 3.06. The molecule has 2 unspecified atom stereocenters. The highest BCUT2D eigenvalue weighted by atomic mass is 19.1. The van der Waals surface area contributed by atoms with Crippen molar-refractivity contribution in [2.45, 2.75) is 38.5 Å². The van der Waals surface area contributed by atoms with Crippen LogP contribution < -0.4 is 5.32 Å². The maximum absolute atomic E-state index is 13.8. The van der Waals surface area contributed by atoms with Gasteiger partial charge < -0.3 is 5.32 Å². The Morgan fingerprint density at radius 2 is 2.00 bits per heavy atom. The topological polar surface area (TPSA) is 12.0 Å². The number of hydrogen-bond donors (Lipinski definition) is 1. The zero-order valence-corrected chi connectivity index (χ0v) is 10.6. The van der Waals surface area contributed by atoms with E-state index >= 15 is 0 Å². The lowest BCUT2D eigenvalue weighted by Gasteiger charge is -2.32. The van der Waals surface area contributed by atoms with Crippen molar-refractivity contribution in [2.24, 2.45) is 5.92 Å². The molecule has 0 spiro atoms. The lowest BCUT2D eigenvalue weighted by molar-refractivity contribution is 0.292. The number of rotatable bonds is 4. The van der Waals surface area contributed by atoms with Gasteiger partial charge >= 0.3 is 0 Å². The Morgan fingerprint density at radius 3 is 2.76 bits per heavy atom. The van der Waals surface area contributed by atoms with Crippen LogP contribution in [0.1, 0.15) is 44.1 Å². The second-order valence-electron chi connectivity index (χ2n) is 4.98. The van der Waals surface area contributed by atoms with Gasteiger partial charge in [0.05, 0.1) is 0 Å². The summed E-state index contributed by atoms with van der Waals surface area (Å²) in [6.07, 6.45) is 4.89. The predicted molar refractivity (Wildman–Crippen MR) is 69.6 cm³/mol. The van der Waals surface area contributed by atoms with Crippen LogP contribution in [0.15, 0.2) is 24.3 Å². The molecule has 1 N–H and O–H groups in total. The SMILES string of the molecule is CCNCC1CCCCC1c1ccccc1F. The molecule has 2 atom stereocenters. The second kappa shape index (κ2) is 6.15. The minimum atomic E-state index is -0.0269. The quantitative estimate of drug-likeness (QED) is 0.839. The molecule has 0 saturated heterocycles. The number of benzene rings is 1. The fourth-order valence-corrected chi connectivity index (χ4v) is 2.97. The average Bonchev–Trinajstić information content (AvgIpc) is 2.37. The van der Waals surface area contributed by atoms with Crippen LogP contribution in [0.25, 0.3) is 0 Å². The van der Waals surface area contributed by atoms with Gasteiger partial charge in [-0.2, -0.15) is 0 Å². The molecule has 1 aliphatic rings. The third-order valence-electron chi connectivity index (χ3n) is 3.87. The molecule has 2 heteroatoms. The molecule has 94 valence electrons. The van der Waals surface area contributed by atoms with Gasteiger partial charge in [0.2, 0.25) is 0 Å². The first kappa shape index (κ1) is 12.6. The van der Waals surface area contributed by atoms with Crippen LogP contribution in [-0.4, -0.2) is 13.1 Å². The van der Waals surface area contributed by atoms with Gasteiger partial charge in [0.25, 0.3) is 0 Å². The van der Waals surface area contributed by atoms with Crippen molar-refractivity contribution < 1.29 is 4.39 Å². The Morgan fingerprint density at radius 1 is 1.24 bits per heavy atom. The summed E-state index contributed by atoms with van der Waals surface area (Å²) in [6, 6.07) is 7.29. The van der Waals surface area contributed by atoms with Crippen LogP contribution in [-0.2, 0) is 0 Å². The van der Waals surface area contributed by atoms with Crippen molar-refractivity contribution in [1.82, 2.24) is 5.32 Å². The summed E-state index contributed by atoms with van der Waals surface area (Å²) in [5.41, 5.74) is 0.926. The Balaban J connectivity index is 2.13. The molecule has 1 aromatic carbocycles. The summed E-state index contributed by atoms with van der Waals surface area (Å²) in [7, 11) is 0. The molecule has 0 bridgehead atoms. The van der Waals surface area contributed by atoms with Gasteiger partial charge in [-0.25, -0.2) is 4.39 Å². The van der Waals surface area contributed by atoms with E-state index in [-0.39, 0.29) is 5.82 Å². The van der Waals surface area contributed by atoms with Crippen molar-refractivity contribution in [3.8, 4) is 0 Å². The van der Waals surface area contributed by atoms with E-state index in [4.69, 9.17) is 0 Å². The zero-order chi connectivity index (χ0) is 12.1. The third-order valence-corrected chi connectivity index (χ3v) is 3.87. The number of nitrogens with one attached hydrogen (secondary N) is 1. The Bertz CT molecular complexity index is 351. The van der Waals surface area contributed by atoms with E-state index in [0.29, 0.717) is 11.8 Å². The van der Waals surface area contributed by atoms with Gasteiger partial charge in [-0.05, 0) is 49.4 Å². The van der Waals surface area contributed by atoms with Gasteiger partial charge in [-0.3, -0.25) is 0 Å². The normalized spacial score (nSPS) is 24.8. The molecule has 0 aliphatic heterocycles. The van der Waals surface area contributed by atoms with E-state index < -0.39 is 0 Å². The van der Waals surface area contributed by atoms with Crippen molar-refractivity contribution in [3.63, 3.8) is 0 Å². The van der Waals surface area contributed by atoms with Gasteiger partial charge in [0.15, 0.2) is 0 Å². The standard InChI is InChI=1S/C15H22FN/c1-2-17-11-12-7-3-4-8-13(12)14-9-5-6-10-15(14)16/h5-6,9-10,12-13,17H,2-4,7-8,11H2,1H3. The van der Waals surface area contributed by atoms with Crippen molar-refractivity contribution in [1.29, 1.82) is 0 Å². The molecule has 1 fully saturated rings. The van der Waals surface area contributed by atoms with Crippen LogP contribution in [0.2, 0.25) is 0 Å². The highest BCUT2D eigenvalue weighted by molar-refractivity contribution is 5.23. The van der Waals surface area contributed by atoms with E-state index in [1.807, 2.05) is 12.1 Å². The molecule has 1 aromatic rings. The molecular formula is C15H22FN. The van der Waals surface area contributed by atoms with Crippen molar-refractivity contribution in [3.05, 3.63) is 35.6 Å². The summed E-state index contributed by atoms with van der Waals surface area (Å²) in [5, 5.41) is 3.41. The molecule has 0 aromatic heterocycles. The molecule has 17 heavy (non-hydrogen) atoms. The van der Waals surface area contributed by atoms with Gasteiger partial charge in [0, 0.05) is 0 Å². The molecular weight excluding hydrogens is 213 g/mol. The smallest absolute Gasteiger partial charge is 0.126 e. The molecule has 1 aliphatic carbocycles. The minimum Gasteiger partial charge on any atom is -0.317 e. The maximum atomic E-state index is 13.8. The van der Waals surface area contributed by atoms with Crippen molar-refractivity contribution in [2.75, 3.05) is 13.1 Å². The van der Waals surface area contributed by atoms with Gasteiger partial charge in [-0.15, -0.1) is 0 Å². The first-order chi connectivity index (χ1) is 8.33. The molecule has 1 saturated carbocycles. The summed E-state index contributed by atoms with van der Waals surface area (Å²) in [4.78, 5) is 0. The summed E-state index contributed by atoms with van der Waals surface area (Å²) < 4.78 is 13.8. The molecule has 0 radical (unpaired) electrons. The lowest BCUT2D eigenvalue weighted by atomic mass is 9.75. The van der Waals surface area contributed by atoms with Crippen molar-refractivity contribution >= 4 is 0 Å². The zero-order valence-electron chi connectivity index (χ0n) is 10.6. The summed E-state index contributed by atoms with van der Waals surface area (Å²) in [6.45, 7) is 4.15. The highest BCUT2D eigenvalue weighted by Crippen LogP contribution is 2.38. The molecule has 2 rings (SSSR count). The van der Waals surface area contributed by atoms with E-state index in [1.54, 1.807) is 12.1 Å². The second-order valence-corrected chi connectivity index (χ2v) is 4.98. The van der Waals surface area contributed by atoms with Crippen LogP contribution in [0.3, 0.4) is 0 Å². The van der Waals surface area contributed by atoms with E-state index in [9.17, 15) is 4.39 Å². The number of hydrogen-bond acceptors (Lipinski definition) is 1. The molecule has 0 amide bonds. The maximum Gasteiger partial charge on any atom is 0.126 e. The Labute approximate surface area is 103 Å². The van der Waals surface area contributed by atoms with Gasteiger partial charge in [-0.1, -0.05) is 38.0 Å². The van der Waals surface area contributed by atoms with E-state index in [2.05, 4.69) is 12.2 Å². The minimum absolute atomic E-state index is 0.0269. The predicted octanol–water partition coefficient (Wildman–Crippen LogP) is 3.71. The number of halogens is 1. The van der Waals surface area contributed by atoms with Crippen LogP contribution >= 0.6 is 0 Å². The monoisotopic (exact) mass is 235 g/mol. The lowest BCUT2D eigenvalue weighted by Crippen LogP contribution is -2.29. The first-order valence-electron chi connectivity index (χ1n) is 6.78. The fraction of sp³-hybridized carbons (Fsp3) is 0.600. The Hall–Kier alpha value is -0.890. The van der Waals surface area contributed by atoms with E-state index in [1.165, 1.54) is 19.3 Å². The fourth-order valence-electron chi connectivity index (χ4n) is 2.97. The first-order valence-corrected chi connectivity index (χ1v) is 6.78. The summed E-state index contributed by atoms with van der Waals surface area (Å²) >= 11 is 0. The van der Waals surface area contributed by atoms with Crippen LogP contribution in [0.5, 0.6) is 0 Å². The van der Waals surface area contributed by atoms with Gasteiger partial charge in [0.1, 0.15) is 5.82 Å². The van der Waals surface area contributed by atoms with Crippen LogP contribution in [0, 0.1) is 11.7 Å². The highest BCUT2D eigenvalue weighted by Gasteiger charge is 2.27. The van der Waals surface area contributed by atoms with Crippen LogP contribution in [0.4, 0.5) is 4.39 Å². The average molecular weight is 235 g/mol. The largest absolute Gasteiger partial charge is 0.317 e.